The third kappa shape index (κ3) is 4.71. The molecule has 23 heavy (non-hydrogen) atoms. The van der Waals surface area contributed by atoms with Crippen molar-refractivity contribution in [1.29, 1.82) is 0 Å². The Hall–Kier alpha value is -1.06. The van der Waals surface area contributed by atoms with Crippen LogP contribution in [0, 0.1) is 17.3 Å². The normalized spacial score (nSPS) is 21.4. The van der Waals surface area contributed by atoms with E-state index in [-0.39, 0.29) is 23.7 Å². The molecule has 1 aromatic rings. The Labute approximate surface area is 147 Å². The second-order valence-corrected chi connectivity index (χ2v) is 7.70. The molecule has 1 heterocycles. The molecule has 130 valence electrons. The first-order valence-electron chi connectivity index (χ1n) is 8.39. The largest absolute Gasteiger partial charge is 0.341 e. The highest BCUT2D eigenvalue weighted by Gasteiger charge is 2.40. The van der Waals surface area contributed by atoms with E-state index in [0.29, 0.717) is 24.3 Å². The topological polar surface area (TPSA) is 46.3 Å². The minimum Gasteiger partial charge on any atom is -0.341 e. The number of carbonyl (C=O) groups excluding carboxylic acids is 1. The van der Waals surface area contributed by atoms with Crippen molar-refractivity contribution >= 4 is 18.3 Å². The van der Waals surface area contributed by atoms with E-state index in [2.05, 4.69) is 52.0 Å². The number of nitrogens with two attached hydrogens (primary N) is 1. The first-order chi connectivity index (χ1) is 10.3. The van der Waals surface area contributed by atoms with Crippen molar-refractivity contribution < 1.29 is 4.79 Å². The first-order valence-corrected chi connectivity index (χ1v) is 8.39. The lowest BCUT2D eigenvalue weighted by Gasteiger charge is -2.30. The predicted molar refractivity (Wildman–Crippen MR) is 98.8 cm³/mol. The highest BCUT2D eigenvalue weighted by molar-refractivity contribution is 5.85. The van der Waals surface area contributed by atoms with E-state index in [1.54, 1.807) is 0 Å². The molecule has 0 bridgehead atoms. The Morgan fingerprint density at radius 2 is 1.87 bits per heavy atom. The summed E-state index contributed by atoms with van der Waals surface area (Å²) < 4.78 is 0. The van der Waals surface area contributed by atoms with Gasteiger partial charge in [0, 0.05) is 24.4 Å². The fraction of sp³-hybridized carbons (Fsp3) is 0.632. The van der Waals surface area contributed by atoms with E-state index >= 15 is 0 Å². The zero-order valence-corrected chi connectivity index (χ0v) is 15.6. The van der Waals surface area contributed by atoms with Crippen LogP contribution >= 0.6 is 12.4 Å². The molecule has 2 rings (SSSR count). The van der Waals surface area contributed by atoms with Crippen LogP contribution in [0.5, 0.6) is 0 Å². The van der Waals surface area contributed by atoms with Gasteiger partial charge in [-0.05, 0) is 30.4 Å². The number of amides is 1. The molecule has 1 fully saturated rings. The van der Waals surface area contributed by atoms with Gasteiger partial charge in [-0.15, -0.1) is 12.4 Å². The van der Waals surface area contributed by atoms with Crippen LogP contribution in [0.3, 0.4) is 0 Å². The maximum absolute atomic E-state index is 12.9. The first kappa shape index (κ1) is 20.0. The van der Waals surface area contributed by atoms with Crippen LogP contribution in [-0.4, -0.2) is 30.4 Å². The minimum atomic E-state index is -0.293. The van der Waals surface area contributed by atoms with Crippen molar-refractivity contribution in [3.8, 4) is 0 Å². The van der Waals surface area contributed by atoms with Gasteiger partial charge in [-0.3, -0.25) is 4.79 Å². The van der Waals surface area contributed by atoms with Gasteiger partial charge < -0.3 is 10.6 Å². The highest BCUT2D eigenvalue weighted by atomic mass is 35.5. The standard InChI is InChI=1S/C19H30N2O.ClH/c1-14(2)10-19(3,4)18(22)21-12-16(11-20)17(13-21)15-8-6-5-7-9-15;/h5-9,14,16-17H,10-13,20H2,1-4H3;1H/t16-,17+;/m1./s1. The highest BCUT2D eigenvalue weighted by Crippen LogP contribution is 2.36. The summed E-state index contributed by atoms with van der Waals surface area (Å²) in [6.07, 6.45) is 0.922. The van der Waals surface area contributed by atoms with Crippen LogP contribution in [0.15, 0.2) is 30.3 Å². The van der Waals surface area contributed by atoms with Crippen LogP contribution in [0.25, 0.3) is 0 Å². The molecule has 0 aliphatic carbocycles. The van der Waals surface area contributed by atoms with Gasteiger partial charge in [-0.25, -0.2) is 0 Å². The Kier molecular flexibility index (Phi) is 7.09. The molecule has 1 saturated heterocycles. The molecule has 2 atom stereocenters. The molecule has 1 amide bonds. The molecule has 0 saturated carbocycles. The second-order valence-electron chi connectivity index (χ2n) is 7.70. The molecule has 1 aliphatic heterocycles. The smallest absolute Gasteiger partial charge is 0.228 e. The maximum atomic E-state index is 12.9. The van der Waals surface area contributed by atoms with Gasteiger partial charge in [-0.1, -0.05) is 58.0 Å². The van der Waals surface area contributed by atoms with Crippen molar-refractivity contribution in [3.63, 3.8) is 0 Å². The zero-order chi connectivity index (χ0) is 16.3. The van der Waals surface area contributed by atoms with Crippen molar-refractivity contribution in [2.75, 3.05) is 19.6 Å². The Morgan fingerprint density at radius 3 is 2.39 bits per heavy atom. The summed E-state index contributed by atoms with van der Waals surface area (Å²) in [7, 11) is 0. The van der Waals surface area contributed by atoms with E-state index in [9.17, 15) is 4.79 Å². The summed E-state index contributed by atoms with van der Waals surface area (Å²) in [5, 5.41) is 0. The van der Waals surface area contributed by atoms with Crippen LogP contribution in [0.4, 0.5) is 0 Å². The third-order valence-electron chi connectivity index (χ3n) is 4.76. The average Bonchev–Trinajstić information content (AvgIpc) is 2.90. The molecule has 0 spiro atoms. The monoisotopic (exact) mass is 338 g/mol. The number of carbonyl (C=O) groups is 1. The molecule has 0 radical (unpaired) electrons. The quantitative estimate of drug-likeness (QED) is 0.890. The summed E-state index contributed by atoms with van der Waals surface area (Å²) in [4.78, 5) is 15.0. The predicted octanol–water partition coefficient (Wildman–Crippen LogP) is 3.68. The number of rotatable bonds is 5. The fourth-order valence-corrected chi connectivity index (χ4v) is 3.89. The average molecular weight is 339 g/mol. The van der Waals surface area contributed by atoms with Gasteiger partial charge in [-0.2, -0.15) is 0 Å². The molecular weight excluding hydrogens is 308 g/mol. The maximum Gasteiger partial charge on any atom is 0.228 e. The van der Waals surface area contributed by atoms with Gasteiger partial charge in [0.2, 0.25) is 5.91 Å². The van der Waals surface area contributed by atoms with E-state index in [1.165, 1.54) is 5.56 Å². The van der Waals surface area contributed by atoms with Crippen molar-refractivity contribution in [2.24, 2.45) is 23.0 Å². The Morgan fingerprint density at radius 1 is 1.26 bits per heavy atom. The lowest BCUT2D eigenvalue weighted by Crippen LogP contribution is -2.40. The molecule has 2 N–H and O–H groups in total. The van der Waals surface area contributed by atoms with Gasteiger partial charge in [0.05, 0.1) is 0 Å². The Bertz CT molecular complexity index is 501. The summed E-state index contributed by atoms with van der Waals surface area (Å²) in [6.45, 7) is 10.7. The van der Waals surface area contributed by atoms with E-state index in [4.69, 9.17) is 5.73 Å². The summed E-state index contributed by atoms with van der Waals surface area (Å²) >= 11 is 0. The number of hydrogen-bond donors (Lipinski definition) is 1. The van der Waals surface area contributed by atoms with E-state index in [0.717, 1.165) is 19.5 Å². The number of likely N-dealkylation sites (tertiary alicyclic amines) is 1. The molecule has 4 heteroatoms. The molecule has 1 aromatic carbocycles. The van der Waals surface area contributed by atoms with Crippen molar-refractivity contribution in [3.05, 3.63) is 35.9 Å². The number of halogens is 1. The van der Waals surface area contributed by atoms with E-state index in [1.807, 2.05) is 11.0 Å². The van der Waals surface area contributed by atoms with Crippen molar-refractivity contribution in [2.45, 2.75) is 40.0 Å². The van der Waals surface area contributed by atoms with Gasteiger partial charge in [0.25, 0.3) is 0 Å². The number of hydrogen-bond acceptors (Lipinski definition) is 2. The van der Waals surface area contributed by atoms with Crippen LogP contribution in [0.2, 0.25) is 0 Å². The molecule has 1 aliphatic rings. The molecule has 0 unspecified atom stereocenters. The van der Waals surface area contributed by atoms with Crippen LogP contribution in [-0.2, 0) is 4.79 Å². The van der Waals surface area contributed by atoms with Gasteiger partial charge >= 0.3 is 0 Å². The van der Waals surface area contributed by atoms with Crippen LogP contribution < -0.4 is 5.73 Å². The summed E-state index contributed by atoms with van der Waals surface area (Å²) in [5.74, 6) is 1.53. The summed E-state index contributed by atoms with van der Waals surface area (Å²) in [6, 6.07) is 10.5. The SMILES string of the molecule is CC(C)CC(C)(C)C(=O)N1C[C@@H](CN)[C@H](c2ccccc2)C1.Cl. The number of benzene rings is 1. The molecular formula is C19H31ClN2O. The second kappa shape index (κ2) is 8.16. The van der Waals surface area contributed by atoms with Gasteiger partial charge in [0.1, 0.15) is 0 Å². The number of nitrogens with zero attached hydrogens (tertiary/aromatic N) is 1. The lowest BCUT2D eigenvalue weighted by molar-refractivity contribution is -0.140. The Balaban J connectivity index is 0.00000264. The zero-order valence-electron chi connectivity index (χ0n) is 14.8. The third-order valence-corrected chi connectivity index (χ3v) is 4.76. The van der Waals surface area contributed by atoms with Crippen LogP contribution in [0.1, 0.15) is 45.6 Å². The van der Waals surface area contributed by atoms with Crippen molar-refractivity contribution in [1.82, 2.24) is 4.90 Å². The van der Waals surface area contributed by atoms with Gasteiger partial charge in [0.15, 0.2) is 0 Å². The fourth-order valence-electron chi connectivity index (χ4n) is 3.89. The minimum absolute atomic E-state index is 0. The molecule has 3 nitrogen and oxygen atoms in total. The van der Waals surface area contributed by atoms with E-state index < -0.39 is 0 Å². The summed E-state index contributed by atoms with van der Waals surface area (Å²) in [5.41, 5.74) is 6.98. The lowest BCUT2D eigenvalue weighted by atomic mass is 9.82. The molecule has 0 aromatic heterocycles.